The van der Waals surface area contributed by atoms with Gasteiger partial charge in [-0.3, -0.25) is 0 Å². The molecule has 0 aliphatic heterocycles. The van der Waals surface area contributed by atoms with Gasteiger partial charge in [0.25, 0.3) is 0 Å². The van der Waals surface area contributed by atoms with Crippen LogP contribution in [0.15, 0.2) is 0 Å². The molecule has 0 amide bonds. The molecule has 0 aliphatic carbocycles. The highest BCUT2D eigenvalue weighted by Crippen LogP contribution is 2.09. The van der Waals surface area contributed by atoms with Gasteiger partial charge in [0.15, 0.2) is 0 Å². The van der Waals surface area contributed by atoms with E-state index in [0.717, 1.165) is 6.54 Å². The molecule has 0 aromatic carbocycles. The number of thiocarbonyl (C=S) groups is 1. The molecule has 0 unspecified atom stereocenters. The van der Waals surface area contributed by atoms with Gasteiger partial charge in [-0.2, -0.15) is 0 Å². The van der Waals surface area contributed by atoms with Crippen LogP contribution < -0.4 is 0 Å². The third-order valence-corrected chi connectivity index (χ3v) is 1.46. The molecule has 0 aromatic rings. The maximum absolute atomic E-state index is 4.70. The van der Waals surface area contributed by atoms with Gasteiger partial charge in [0.2, 0.25) is 0 Å². The molecular formula is C7H14NS. The summed E-state index contributed by atoms with van der Waals surface area (Å²) in [5.74, 6) is 0. The largest absolute Gasteiger partial charge is 0.356 e. The van der Waals surface area contributed by atoms with E-state index in [1.165, 1.54) is 0 Å². The molecule has 0 heterocycles. The van der Waals surface area contributed by atoms with Crippen molar-refractivity contribution in [3.05, 3.63) is 0 Å². The summed E-state index contributed by atoms with van der Waals surface area (Å²) >= 11 is 4.70. The lowest BCUT2D eigenvalue weighted by molar-refractivity contribution is 0.259. The standard InChI is InChI=1S/C7H14NS/c1-5-8(6-9)7(2,3)4/h5H2,1-4H3. The Bertz CT molecular complexity index is 93.6. The minimum atomic E-state index is 0.135. The Kier molecular flexibility index (Phi) is 3.12. The maximum Gasteiger partial charge on any atom is 0.137 e. The summed E-state index contributed by atoms with van der Waals surface area (Å²) in [6.45, 7) is 9.37. The number of nitrogens with zero attached hydrogens (tertiary/aromatic N) is 1. The van der Waals surface area contributed by atoms with Gasteiger partial charge in [-0.05, 0) is 27.7 Å². The van der Waals surface area contributed by atoms with Crippen molar-refractivity contribution in [3.63, 3.8) is 0 Å². The first-order valence-electron chi connectivity index (χ1n) is 3.17. The van der Waals surface area contributed by atoms with Crippen molar-refractivity contribution < 1.29 is 0 Å². The highest BCUT2D eigenvalue weighted by Gasteiger charge is 2.15. The van der Waals surface area contributed by atoms with E-state index in [1.54, 1.807) is 0 Å². The van der Waals surface area contributed by atoms with Crippen LogP contribution in [0.3, 0.4) is 0 Å². The van der Waals surface area contributed by atoms with Crippen molar-refractivity contribution in [2.24, 2.45) is 0 Å². The summed E-state index contributed by atoms with van der Waals surface area (Å²) in [5.41, 5.74) is 2.84. The molecule has 0 rings (SSSR count). The maximum atomic E-state index is 4.70. The van der Waals surface area contributed by atoms with Gasteiger partial charge < -0.3 is 4.90 Å². The molecule has 0 atom stereocenters. The number of rotatable bonds is 2. The Morgan fingerprint density at radius 3 is 1.89 bits per heavy atom. The first-order chi connectivity index (χ1) is 4.02. The van der Waals surface area contributed by atoms with Gasteiger partial charge >= 0.3 is 0 Å². The van der Waals surface area contributed by atoms with Gasteiger partial charge in [0.05, 0.1) is 0 Å². The summed E-state index contributed by atoms with van der Waals surface area (Å²) in [5, 5.41) is 0. The zero-order valence-electron chi connectivity index (χ0n) is 6.56. The van der Waals surface area contributed by atoms with Crippen LogP contribution in [0.2, 0.25) is 0 Å². The van der Waals surface area contributed by atoms with Crippen LogP contribution >= 0.6 is 12.2 Å². The summed E-state index contributed by atoms with van der Waals surface area (Å²) in [4.78, 5) is 2.00. The van der Waals surface area contributed by atoms with Crippen LogP contribution in [-0.4, -0.2) is 22.5 Å². The van der Waals surface area contributed by atoms with Crippen molar-refractivity contribution in [1.29, 1.82) is 0 Å². The van der Waals surface area contributed by atoms with Crippen molar-refractivity contribution in [1.82, 2.24) is 4.90 Å². The van der Waals surface area contributed by atoms with Gasteiger partial charge in [0, 0.05) is 12.1 Å². The summed E-state index contributed by atoms with van der Waals surface area (Å²) in [6.07, 6.45) is 0. The highest BCUT2D eigenvalue weighted by molar-refractivity contribution is 7.78. The normalized spacial score (nSPS) is 11.1. The molecule has 0 saturated carbocycles. The minimum absolute atomic E-state index is 0.135. The van der Waals surface area contributed by atoms with Crippen LogP contribution in [0.25, 0.3) is 0 Å². The fraction of sp³-hybridized carbons (Fsp3) is 0.857. The van der Waals surface area contributed by atoms with Crippen LogP contribution in [0, 0.1) is 0 Å². The molecule has 0 bridgehead atoms. The van der Waals surface area contributed by atoms with E-state index in [0.29, 0.717) is 0 Å². The molecule has 1 nitrogen and oxygen atoms in total. The van der Waals surface area contributed by atoms with Gasteiger partial charge in [-0.15, -0.1) is 0 Å². The summed E-state index contributed by atoms with van der Waals surface area (Å²) in [7, 11) is 0. The van der Waals surface area contributed by atoms with Crippen molar-refractivity contribution >= 4 is 17.7 Å². The number of hydrogen-bond donors (Lipinski definition) is 0. The fourth-order valence-electron chi connectivity index (χ4n) is 0.676. The molecule has 53 valence electrons. The lowest BCUT2D eigenvalue weighted by Crippen LogP contribution is -2.39. The second-order valence-electron chi connectivity index (χ2n) is 3.01. The van der Waals surface area contributed by atoms with Gasteiger partial charge in [0.1, 0.15) is 5.49 Å². The fourth-order valence-corrected chi connectivity index (χ4v) is 1.08. The smallest absolute Gasteiger partial charge is 0.137 e. The zero-order valence-corrected chi connectivity index (χ0v) is 7.38. The Labute approximate surface area is 63.0 Å². The molecular weight excluding hydrogens is 130 g/mol. The molecule has 1 radical (unpaired) electrons. The van der Waals surface area contributed by atoms with E-state index in [4.69, 9.17) is 12.2 Å². The zero-order chi connectivity index (χ0) is 7.49. The third-order valence-electron chi connectivity index (χ3n) is 1.24. The predicted octanol–water partition coefficient (Wildman–Crippen LogP) is 1.94. The second kappa shape index (κ2) is 3.16. The Morgan fingerprint density at radius 1 is 1.44 bits per heavy atom. The van der Waals surface area contributed by atoms with Crippen LogP contribution in [0.1, 0.15) is 27.7 Å². The van der Waals surface area contributed by atoms with Crippen LogP contribution in [0.5, 0.6) is 0 Å². The van der Waals surface area contributed by atoms with E-state index in [2.05, 4.69) is 33.2 Å². The Balaban J connectivity index is 3.94. The summed E-state index contributed by atoms with van der Waals surface area (Å²) in [6, 6.07) is 0. The van der Waals surface area contributed by atoms with E-state index in [9.17, 15) is 0 Å². The predicted molar refractivity (Wildman–Crippen MR) is 44.7 cm³/mol. The minimum Gasteiger partial charge on any atom is -0.356 e. The number of hydrogen-bond acceptors (Lipinski definition) is 1. The molecule has 0 aliphatic rings. The van der Waals surface area contributed by atoms with Crippen molar-refractivity contribution in [2.45, 2.75) is 33.2 Å². The highest BCUT2D eigenvalue weighted by atomic mass is 32.1. The van der Waals surface area contributed by atoms with Gasteiger partial charge in [-0.25, -0.2) is 0 Å². The third kappa shape index (κ3) is 2.80. The van der Waals surface area contributed by atoms with Crippen LogP contribution in [-0.2, 0) is 0 Å². The average Bonchev–Trinajstić information content (AvgIpc) is 1.65. The second-order valence-corrected chi connectivity index (χ2v) is 3.19. The molecule has 0 spiro atoms. The monoisotopic (exact) mass is 144 g/mol. The molecule has 9 heavy (non-hydrogen) atoms. The van der Waals surface area contributed by atoms with Crippen molar-refractivity contribution in [3.8, 4) is 0 Å². The Hall–Kier alpha value is -0.110. The average molecular weight is 144 g/mol. The summed E-state index contributed by atoms with van der Waals surface area (Å²) < 4.78 is 0. The van der Waals surface area contributed by atoms with E-state index in [1.807, 2.05) is 4.90 Å². The lowest BCUT2D eigenvalue weighted by atomic mass is 10.1. The molecule has 0 N–H and O–H groups in total. The van der Waals surface area contributed by atoms with E-state index >= 15 is 0 Å². The topological polar surface area (TPSA) is 3.24 Å². The molecule has 0 saturated heterocycles. The van der Waals surface area contributed by atoms with Crippen LogP contribution in [0.4, 0.5) is 0 Å². The first kappa shape index (κ1) is 8.89. The molecule has 0 aromatic heterocycles. The van der Waals surface area contributed by atoms with Gasteiger partial charge in [-0.1, -0.05) is 12.2 Å². The molecule has 2 heteroatoms. The quantitative estimate of drug-likeness (QED) is 0.430. The van der Waals surface area contributed by atoms with E-state index < -0.39 is 0 Å². The Morgan fingerprint density at radius 2 is 1.89 bits per heavy atom. The van der Waals surface area contributed by atoms with Crippen molar-refractivity contribution in [2.75, 3.05) is 6.54 Å². The molecule has 0 fully saturated rings. The lowest BCUT2D eigenvalue weighted by Gasteiger charge is -2.31. The SMILES string of the molecule is CCN([C]=S)C(C)(C)C. The van der Waals surface area contributed by atoms with E-state index in [-0.39, 0.29) is 5.54 Å². The first-order valence-corrected chi connectivity index (χ1v) is 3.58.